The highest BCUT2D eigenvalue weighted by atomic mass is 16.7. The summed E-state index contributed by atoms with van der Waals surface area (Å²) in [6.07, 6.45) is -2.76. The van der Waals surface area contributed by atoms with Crippen LogP contribution in [0.5, 0.6) is 5.75 Å². The minimum absolute atomic E-state index is 0.219. The number of nitrogens with zero attached hydrogens (tertiary/aromatic N) is 3. The summed E-state index contributed by atoms with van der Waals surface area (Å²) in [5.41, 5.74) is 14.0. The molecule has 0 amide bonds. The summed E-state index contributed by atoms with van der Waals surface area (Å²) in [6, 6.07) is 32.0. The fourth-order valence-electron chi connectivity index (χ4n) is 6.38. The first kappa shape index (κ1) is 32.4. The first-order chi connectivity index (χ1) is 23.0. The number of hydrogen-bond donors (Lipinski definition) is 0. The molecule has 10 heteroatoms. The van der Waals surface area contributed by atoms with Gasteiger partial charge in [-0.1, -0.05) is 102 Å². The highest BCUT2D eigenvalue weighted by Gasteiger charge is 2.59. The number of rotatable bonds is 13. The minimum atomic E-state index is -1.64. The third-order valence-corrected chi connectivity index (χ3v) is 8.72. The molecule has 4 aromatic carbocycles. The molecule has 0 aromatic heterocycles. The van der Waals surface area contributed by atoms with Gasteiger partial charge in [0.2, 0.25) is 5.78 Å². The molecule has 1 saturated heterocycles. The second kappa shape index (κ2) is 14.5. The number of methoxy groups -OCH3 is 2. The van der Waals surface area contributed by atoms with Gasteiger partial charge in [0.1, 0.15) is 18.5 Å². The Morgan fingerprint density at radius 3 is 1.83 bits per heavy atom. The van der Waals surface area contributed by atoms with Gasteiger partial charge in [-0.15, -0.1) is 0 Å². The van der Waals surface area contributed by atoms with Crippen LogP contribution in [0.25, 0.3) is 10.4 Å². The number of carbonyl (C=O) groups excluding carboxylic acids is 1. The van der Waals surface area contributed by atoms with Crippen LogP contribution in [0, 0.1) is 0 Å². The number of ether oxygens (including phenoxy) is 6. The minimum Gasteiger partial charge on any atom is -0.488 e. The van der Waals surface area contributed by atoms with E-state index in [0.29, 0.717) is 22.4 Å². The number of Topliss-reactive ketones (excluding diaryl/α,β-unsaturated/α-hetero) is 1. The molecule has 1 heterocycles. The molecule has 0 bridgehead atoms. The molecule has 1 fully saturated rings. The fraction of sp³-hybridized carbons (Fsp3) is 0.324. The summed E-state index contributed by atoms with van der Waals surface area (Å²) in [7, 11) is 2.85. The zero-order chi connectivity index (χ0) is 32.8. The average Bonchev–Trinajstić information content (AvgIpc) is 3.11. The van der Waals surface area contributed by atoms with Crippen LogP contribution < -0.4 is 4.74 Å². The maximum atomic E-state index is 13.9. The highest BCUT2D eigenvalue weighted by Crippen LogP contribution is 2.52. The van der Waals surface area contributed by atoms with Gasteiger partial charge in [0.25, 0.3) is 5.79 Å². The summed E-state index contributed by atoms with van der Waals surface area (Å²) in [5.74, 6) is -1.54. The Morgan fingerprint density at radius 2 is 1.30 bits per heavy atom. The lowest BCUT2D eigenvalue weighted by molar-refractivity contribution is -0.210. The predicted octanol–water partition coefficient (Wildman–Crippen LogP) is 7.22. The molecule has 0 spiro atoms. The Labute approximate surface area is 273 Å². The van der Waals surface area contributed by atoms with Gasteiger partial charge in [-0.05, 0) is 40.8 Å². The zero-order valence-corrected chi connectivity index (χ0v) is 26.5. The number of fused-ring (bicyclic) bond motifs is 1. The fourth-order valence-corrected chi connectivity index (χ4v) is 6.38. The Morgan fingerprint density at radius 1 is 0.766 bits per heavy atom. The SMILES string of the molecule is COC1(OC)C(=O)c2c([C@H]3O[C@@H](C)[C@@H](OCc4ccccc4)[C@@H](N=[N+]=[N-])[C@@H]3OCc3ccccc3)ccc(OCc3ccccc3)c21. The Hall–Kier alpha value is -4.54. The van der Waals surface area contributed by atoms with Crippen LogP contribution in [0.4, 0.5) is 0 Å². The van der Waals surface area contributed by atoms with Crippen molar-refractivity contribution in [2.45, 2.75) is 63.0 Å². The maximum Gasteiger partial charge on any atom is 0.265 e. The number of hydrogen-bond acceptors (Lipinski definition) is 8. The normalized spacial score (nSPS) is 22.9. The largest absolute Gasteiger partial charge is 0.488 e. The number of benzene rings is 4. The van der Waals surface area contributed by atoms with Crippen LogP contribution >= 0.6 is 0 Å². The van der Waals surface area contributed by atoms with Crippen molar-refractivity contribution in [2.24, 2.45) is 5.11 Å². The van der Waals surface area contributed by atoms with Gasteiger partial charge in [0, 0.05) is 24.7 Å². The molecule has 0 N–H and O–H groups in total. The molecule has 4 aromatic rings. The van der Waals surface area contributed by atoms with Gasteiger partial charge < -0.3 is 28.4 Å². The molecular weight excluding hydrogens is 598 g/mol. The molecule has 1 aliphatic heterocycles. The number of azide groups is 1. The van der Waals surface area contributed by atoms with Crippen molar-refractivity contribution in [3.05, 3.63) is 147 Å². The monoisotopic (exact) mass is 635 g/mol. The summed E-state index contributed by atoms with van der Waals surface area (Å²) in [6.45, 7) is 2.66. The van der Waals surface area contributed by atoms with E-state index < -0.39 is 36.2 Å². The van der Waals surface area contributed by atoms with Crippen molar-refractivity contribution >= 4 is 5.78 Å². The molecule has 6 rings (SSSR count). The first-order valence-electron chi connectivity index (χ1n) is 15.5. The number of carbonyl (C=O) groups is 1. The summed E-state index contributed by atoms with van der Waals surface area (Å²) in [4.78, 5) is 17.1. The van der Waals surface area contributed by atoms with Crippen molar-refractivity contribution in [3.8, 4) is 5.75 Å². The molecule has 0 unspecified atom stereocenters. The quantitative estimate of drug-likeness (QED) is 0.0658. The summed E-state index contributed by atoms with van der Waals surface area (Å²) < 4.78 is 37.2. The van der Waals surface area contributed by atoms with Gasteiger partial charge in [0.15, 0.2) is 0 Å². The Kier molecular flexibility index (Phi) is 9.98. The van der Waals surface area contributed by atoms with Crippen molar-refractivity contribution in [2.75, 3.05) is 14.2 Å². The first-order valence-corrected chi connectivity index (χ1v) is 15.5. The third-order valence-electron chi connectivity index (χ3n) is 8.72. The van der Waals surface area contributed by atoms with E-state index in [2.05, 4.69) is 10.0 Å². The van der Waals surface area contributed by atoms with Gasteiger partial charge in [-0.2, -0.15) is 0 Å². The van der Waals surface area contributed by atoms with Crippen molar-refractivity contribution < 1.29 is 33.2 Å². The number of ketones is 1. The van der Waals surface area contributed by atoms with Gasteiger partial charge >= 0.3 is 0 Å². The van der Waals surface area contributed by atoms with E-state index in [0.717, 1.165) is 16.7 Å². The maximum absolute atomic E-state index is 13.9. The lowest BCUT2D eigenvalue weighted by Gasteiger charge is -2.47. The van der Waals surface area contributed by atoms with E-state index in [-0.39, 0.29) is 25.6 Å². The van der Waals surface area contributed by atoms with Crippen LogP contribution in [0.15, 0.2) is 108 Å². The molecular formula is C37H37N3O7. The topological polar surface area (TPSA) is 121 Å². The molecule has 0 saturated carbocycles. The molecule has 10 nitrogen and oxygen atoms in total. The lowest BCUT2D eigenvalue weighted by Crippen LogP contribution is -2.56. The van der Waals surface area contributed by atoms with Gasteiger partial charge in [-0.25, -0.2) is 0 Å². The second-order valence-corrected chi connectivity index (χ2v) is 11.5. The summed E-state index contributed by atoms with van der Waals surface area (Å²) >= 11 is 0. The van der Waals surface area contributed by atoms with Gasteiger partial charge in [0.05, 0.1) is 43.1 Å². The van der Waals surface area contributed by atoms with E-state index >= 15 is 0 Å². The average molecular weight is 636 g/mol. The Balaban J connectivity index is 1.39. The van der Waals surface area contributed by atoms with Crippen molar-refractivity contribution in [1.82, 2.24) is 0 Å². The van der Waals surface area contributed by atoms with Crippen LogP contribution in [-0.2, 0) is 49.3 Å². The summed E-state index contributed by atoms with van der Waals surface area (Å²) in [5, 5.41) is 4.22. The molecule has 2 aliphatic rings. The smallest absolute Gasteiger partial charge is 0.265 e. The van der Waals surface area contributed by atoms with Gasteiger partial charge in [-0.3, -0.25) is 4.79 Å². The molecule has 47 heavy (non-hydrogen) atoms. The lowest BCUT2D eigenvalue weighted by atomic mass is 9.74. The molecule has 242 valence electrons. The van der Waals surface area contributed by atoms with Crippen LogP contribution in [0.2, 0.25) is 0 Å². The second-order valence-electron chi connectivity index (χ2n) is 11.5. The highest BCUT2D eigenvalue weighted by molar-refractivity contribution is 6.14. The predicted molar refractivity (Wildman–Crippen MR) is 174 cm³/mol. The van der Waals surface area contributed by atoms with Crippen molar-refractivity contribution in [3.63, 3.8) is 0 Å². The third kappa shape index (κ3) is 6.40. The van der Waals surface area contributed by atoms with Crippen LogP contribution in [-0.4, -0.2) is 44.4 Å². The molecule has 5 atom stereocenters. The molecule has 0 radical (unpaired) electrons. The zero-order valence-electron chi connectivity index (χ0n) is 26.5. The van der Waals surface area contributed by atoms with E-state index in [1.165, 1.54) is 14.2 Å². The standard InChI is InChI=1S/C37H37N3O7/c1-24-33(45-22-26-15-9-5-10-16-26)32(39-40-38)35(46-23-27-17-11-6-12-18-27)34(47-24)28-19-20-29(44-21-25-13-7-4-8-14-25)31-30(28)36(41)37(31,42-2)43-3/h4-20,24,32-35H,21-23H2,1-3H3/t24-,32+,33+,34+,35-/m0/s1. The van der Waals surface area contributed by atoms with E-state index in [1.54, 1.807) is 12.1 Å². The Bertz CT molecular complexity index is 1710. The van der Waals surface area contributed by atoms with E-state index in [4.69, 9.17) is 28.4 Å². The van der Waals surface area contributed by atoms with E-state index in [9.17, 15) is 10.3 Å². The molecule has 1 aliphatic carbocycles. The van der Waals surface area contributed by atoms with Crippen LogP contribution in [0.1, 0.15) is 51.2 Å². The van der Waals surface area contributed by atoms with Crippen LogP contribution in [0.3, 0.4) is 0 Å². The van der Waals surface area contributed by atoms with Crippen molar-refractivity contribution in [1.29, 1.82) is 0 Å². The van der Waals surface area contributed by atoms with E-state index in [1.807, 2.05) is 97.9 Å².